The zero-order valence-electron chi connectivity index (χ0n) is 11.1. The van der Waals surface area contributed by atoms with E-state index in [4.69, 9.17) is 15.2 Å². The number of hydrogen-bond acceptors (Lipinski definition) is 4. The van der Waals surface area contributed by atoms with E-state index in [1.54, 1.807) is 6.07 Å². The van der Waals surface area contributed by atoms with E-state index < -0.39 is 0 Å². The molecule has 1 aliphatic heterocycles. The number of ketones is 1. The minimum atomic E-state index is -0.320. The molecule has 0 spiro atoms. The molecule has 2 rings (SSSR count). The van der Waals surface area contributed by atoms with Crippen LogP contribution in [0.15, 0.2) is 12.1 Å². The highest BCUT2D eigenvalue weighted by Gasteiger charge is 2.20. The Hall–Kier alpha value is -1.55. The van der Waals surface area contributed by atoms with Gasteiger partial charge in [-0.25, -0.2) is 0 Å². The molecule has 0 aliphatic carbocycles. The van der Waals surface area contributed by atoms with Crippen LogP contribution in [0.3, 0.4) is 0 Å². The molecule has 4 heteroatoms. The average molecular weight is 249 g/mol. The first-order chi connectivity index (χ1) is 8.37. The van der Waals surface area contributed by atoms with Gasteiger partial charge in [-0.1, -0.05) is 0 Å². The van der Waals surface area contributed by atoms with Crippen molar-refractivity contribution in [2.45, 2.75) is 39.2 Å². The maximum atomic E-state index is 12.2. The van der Waals surface area contributed by atoms with E-state index in [0.717, 1.165) is 5.56 Å². The smallest absolute Gasteiger partial charge is 0.231 e. The first kappa shape index (κ1) is 12.9. The zero-order chi connectivity index (χ0) is 13.3. The Morgan fingerprint density at radius 1 is 1.33 bits per heavy atom. The molecule has 0 saturated heterocycles. The van der Waals surface area contributed by atoms with Gasteiger partial charge in [0.25, 0.3) is 0 Å². The number of aryl methyl sites for hydroxylation is 1. The van der Waals surface area contributed by atoms with Gasteiger partial charge < -0.3 is 15.2 Å². The summed E-state index contributed by atoms with van der Waals surface area (Å²) in [6.45, 7) is 5.98. The minimum absolute atomic E-state index is 0.101. The molecule has 1 heterocycles. The minimum Gasteiger partial charge on any atom is -0.454 e. The third kappa shape index (κ3) is 2.82. The van der Waals surface area contributed by atoms with Crippen molar-refractivity contribution in [3.8, 4) is 11.5 Å². The topological polar surface area (TPSA) is 61.6 Å². The molecular weight excluding hydrogens is 230 g/mol. The maximum Gasteiger partial charge on any atom is 0.231 e. The van der Waals surface area contributed by atoms with E-state index in [-0.39, 0.29) is 18.1 Å². The SMILES string of the molecule is Cc1cc2c(cc1C(=O)CCC(C)(C)N)OCO2. The van der Waals surface area contributed by atoms with Crippen LogP contribution in [0.4, 0.5) is 0 Å². The number of hydrogen-bond donors (Lipinski definition) is 1. The van der Waals surface area contributed by atoms with Crippen LogP contribution in [0.2, 0.25) is 0 Å². The summed E-state index contributed by atoms with van der Waals surface area (Å²) >= 11 is 0. The molecule has 0 unspecified atom stereocenters. The molecule has 0 aromatic heterocycles. The summed E-state index contributed by atoms with van der Waals surface area (Å²) in [4.78, 5) is 12.2. The number of benzene rings is 1. The van der Waals surface area contributed by atoms with Crippen LogP contribution in [0.5, 0.6) is 11.5 Å². The maximum absolute atomic E-state index is 12.2. The number of carbonyl (C=O) groups excluding carboxylic acids is 1. The highest BCUT2D eigenvalue weighted by molar-refractivity contribution is 5.98. The second kappa shape index (κ2) is 4.61. The molecule has 4 nitrogen and oxygen atoms in total. The average Bonchev–Trinajstić information content (AvgIpc) is 2.70. The first-order valence-corrected chi connectivity index (χ1v) is 6.09. The van der Waals surface area contributed by atoms with E-state index in [0.29, 0.717) is 29.9 Å². The van der Waals surface area contributed by atoms with Gasteiger partial charge in [0.15, 0.2) is 17.3 Å². The van der Waals surface area contributed by atoms with Crippen molar-refractivity contribution in [2.24, 2.45) is 5.73 Å². The van der Waals surface area contributed by atoms with Gasteiger partial charge in [-0.3, -0.25) is 4.79 Å². The van der Waals surface area contributed by atoms with Crippen LogP contribution in [0.1, 0.15) is 42.6 Å². The standard InChI is InChI=1S/C14H19NO3/c1-9-6-12-13(18-8-17-12)7-10(9)11(16)4-5-14(2,3)15/h6-7H,4-5,8,15H2,1-3H3. The van der Waals surface area contributed by atoms with E-state index in [1.807, 2.05) is 26.8 Å². The Kier molecular flexibility index (Phi) is 3.30. The Morgan fingerprint density at radius 2 is 1.94 bits per heavy atom. The summed E-state index contributed by atoms with van der Waals surface area (Å²) in [5.74, 6) is 1.46. The highest BCUT2D eigenvalue weighted by atomic mass is 16.7. The van der Waals surface area contributed by atoms with Crippen molar-refractivity contribution in [3.63, 3.8) is 0 Å². The second-order valence-corrected chi connectivity index (χ2v) is 5.43. The number of rotatable bonds is 4. The van der Waals surface area contributed by atoms with Crippen LogP contribution in [0, 0.1) is 6.92 Å². The van der Waals surface area contributed by atoms with Crippen LogP contribution in [-0.2, 0) is 0 Å². The van der Waals surface area contributed by atoms with Gasteiger partial charge in [0, 0.05) is 17.5 Å². The summed E-state index contributed by atoms with van der Waals surface area (Å²) in [6, 6.07) is 3.62. The van der Waals surface area contributed by atoms with Crippen LogP contribution < -0.4 is 15.2 Å². The van der Waals surface area contributed by atoms with Gasteiger partial charge in [-0.05, 0) is 44.9 Å². The summed E-state index contributed by atoms with van der Waals surface area (Å²) in [5, 5.41) is 0. The second-order valence-electron chi connectivity index (χ2n) is 5.43. The Labute approximate surface area is 107 Å². The predicted molar refractivity (Wildman–Crippen MR) is 69.1 cm³/mol. The molecule has 0 radical (unpaired) electrons. The number of Topliss-reactive ketones (excluding diaryl/α,β-unsaturated/α-hetero) is 1. The Morgan fingerprint density at radius 3 is 2.56 bits per heavy atom. The summed E-state index contributed by atoms with van der Waals surface area (Å²) in [5.41, 5.74) is 7.19. The Balaban J connectivity index is 2.16. The van der Waals surface area contributed by atoms with Crippen molar-refractivity contribution in [1.82, 2.24) is 0 Å². The quantitative estimate of drug-likeness (QED) is 0.832. The lowest BCUT2D eigenvalue weighted by atomic mass is 9.94. The summed E-state index contributed by atoms with van der Waals surface area (Å²) in [6.07, 6.45) is 1.11. The largest absolute Gasteiger partial charge is 0.454 e. The third-order valence-electron chi connectivity index (χ3n) is 3.02. The van der Waals surface area contributed by atoms with Gasteiger partial charge in [0.2, 0.25) is 6.79 Å². The molecule has 0 atom stereocenters. The van der Waals surface area contributed by atoms with Gasteiger partial charge >= 0.3 is 0 Å². The van der Waals surface area contributed by atoms with Crippen LogP contribution in [-0.4, -0.2) is 18.1 Å². The molecule has 0 saturated carbocycles. The van der Waals surface area contributed by atoms with E-state index in [1.165, 1.54) is 0 Å². The number of fused-ring (bicyclic) bond motifs is 1. The fourth-order valence-corrected chi connectivity index (χ4v) is 1.91. The molecule has 1 aromatic rings. The van der Waals surface area contributed by atoms with Gasteiger partial charge in [0.1, 0.15) is 0 Å². The fraction of sp³-hybridized carbons (Fsp3) is 0.500. The van der Waals surface area contributed by atoms with E-state index in [9.17, 15) is 4.79 Å². The van der Waals surface area contributed by atoms with Gasteiger partial charge in [-0.15, -0.1) is 0 Å². The third-order valence-corrected chi connectivity index (χ3v) is 3.02. The van der Waals surface area contributed by atoms with Crippen LogP contribution in [0.25, 0.3) is 0 Å². The number of nitrogens with two attached hydrogens (primary N) is 1. The molecule has 0 amide bonds. The summed E-state index contributed by atoms with van der Waals surface area (Å²) < 4.78 is 10.6. The lowest BCUT2D eigenvalue weighted by Crippen LogP contribution is -2.32. The number of carbonyl (C=O) groups is 1. The molecule has 1 aromatic carbocycles. The molecule has 1 aliphatic rings. The monoisotopic (exact) mass is 249 g/mol. The Bertz CT molecular complexity index is 475. The normalized spacial score (nSPS) is 13.8. The predicted octanol–water partition coefficient (Wildman–Crippen LogP) is 2.42. The first-order valence-electron chi connectivity index (χ1n) is 6.09. The van der Waals surface area contributed by atoms with Crippen molar-refractivity contribution in [2.75, 3.05) is 6.79 Å². The highest BCUT2D eigenvalue weighted by Crippen LogP contribution is 2.35. The number of ether oxygens (including phenoxy) is 2. The summed E-state index contributed by atoms with van der Waals surface area (Å²) in [7, 11) is 0. The molecule has 0 fully saturated rings. The van der Waals surface area contributed by atoms with Gasteiger partial charge in [0.05, 0.1) is 0 Å². The molecule has 98 valence electrons. The van der Waals surface area contributed by atoms with Crippen molar-refractivity contribution in [1.29, 1.82) is 0 Å². The van der Waals surface area contributed by atoms with Crippen molar-refractivity contribution in [3.05, 3.63) is 23.3 Å². The van der Waals surface area contributed by atoms with Crippen molar-refractivity contribution >= 4 is 5.78 Å². The molecular formula is C14H19NO3. The van der Waals surface area contributed by atoms with Crippen molar-refractivity contribution < 1.29 is 14.3 Å². The van der Waals surface area contributed by atoms with Gasteiger partial charge in [-0.2, -0.15) is 0 Å². The van der Waals surface area contributed by atoms with E-state index >= 15 is 0 Å². The molecule has 0 bridgehead atoms. The lowest BCUT2D eigenvalue weighted by Gasteiger charge is -2.17. The lowest BCUT2D eigenvalue weighted by molar-refractivity contribution is 0.0971. The van der Waals surface area contributed by atoms with E-state index in [2.05, 4.69) is 0 Å². The van der Waals surface area contributed by atoms with Crippen LogP contribution >= 0.6 is 0 Å². The molecule has 18 heavy (non-hydrogen) atoms. The zero-order valence-corrected chi connectivity index (χ0v) is 11.1. The molecule has 2 N–H and O–H groups in total. The fourth-order valence-electron chi connectivity index (χ4n) is 1.91.